The van der Waals surface area contributed by atoms with E-state index in [9.17, 15) is 10.2 Å². The zero-order chi connectivity index (χ0) is 16.8. The first kappa shape index (κ1) is 16.5. The number of hydrogen-bond donors (Lipinski definition) is 3. The first-order valence-electron chi connectivity index (χ1n) is 8.02. The minimum Gasteiger partial charge on any atom is -0.491 e. The summed E-state index contributed by atoms with van der Waals surface area (Å²) in [5.41, 5.74) is 1.98. The summed E-state index contributed by atoms with van der Waals surface area (Å²) in [7, 11) is 0. The SMILES string of the molecule is OCc1cccc2c1ccn2CNCC(O)COc1ccccc1. The van der Waals surface area contributed by atoms with E-state index in [2.05, 4.69) is 9.88 Å². The molecule has 5 nitrogen and oxygen atoms in total. The molecule has 1 unspecified atom stereocenters. The molecule has 126 valence electrons. The van der Waals surface area contributed by atoms with Crippen molar-refractivity contribution in [1.82, 2.24) is 9.88 Å². The van der Waals surface area contributed by atoms with E-state index in [0.29, 0.717) is 13.2 Å². The van der Waals surface area contributed by atoms with Gasteiger partial charge >= 0.3 is 0 Å². The Hall–Kier alpha value is -2.34. The number of fused-ring (bicyclic) bond motifs is 1. The van der Waals surface area contributed by atoms with E-state index in [-0.39, 0.29) is 13.2 Å². The number of aliphatic hydroxyl groups is 2. The van der Waals surface area contributed by atoms with Crippen LogP contribution in [0.15, 0.2) is 60.8 Å². The van der Waals surface area contributed by atoms with E-state index >= 15 is 0 Å². The minimum absolute atomic E-state index is 0.0321. The van der Waals surface area contributed by atoms with E-state index in [0.717, 1.165) is 22.2 Å². The van der Waals surface area contributed by atoms with Crippen molar-refractivity contribution in [1.29, 1.82) is 0 Å². The van der Waals surface area contributed by atoms with Crippen LogP contribution in [0.4, 0.5) is 0 Å². The number of benzene rings is 2. The van der Waals surface area contributed by atoms with Crippen molar-refractivity contribution < 1.29 is 14.9 Å². The average molecular weight is 326 g/mol. The Morgan fingerprint density at radius 1 is 1.04 bits per heavy atom. The molecule has 0 spiro atoms. The Labute approximate surface area is 141 Å². The molecule has 3 N–H and O–H groups in total. The second-order valence-electron chi connectivity index (χ2n) is 5.68. The molecular weight excluding hydrogens is 304 g/mol. The second kappa shape index (κ2) is 7.97. The number of para-hydroxylation sites is 1. The maximum absolute atomic E-state index is 10.0. The smallest absolute Gasteiger partial charge is 0.119 e. The van der Waals surface area contributed by atoms with Gasteiger partial charge in [-0.3, -0.25) is 5.32 Å². The monoisotopic (exact) mass is 326 g/mol. The fourth-order valence-corrected chi connectivity index (χ4v) is 2.68. The minimum atomic E-state index is -0.583. The molecule has 0 bridgehead atoms. The molecule has 3 rings (SSSR count). The average Bonchev–Trinajstić information content (AvgIpc) is 3.04. The molecule has 3 aromatic rings. The summed E-state index contributed by atoms with van der Waals surface area (Å²) < 4.78 is 7.59. The maximum Gasteiger partial charge on any atom is 0.119 e. The Morgan fingerprint density at radius 2 is 1.88 bits per heavy atom. The lowest BCUT2D eigenvalue weighted by Gasteiger charge is -2.14. The molecular formula is C19H22N2O3. The van der Waals surface area contributed by atoms with Gasteiger partial charge in [-0.15, -0.1) is 0 Å². The molecule has 0 saturated carbocycles. The summed E-state index contributed by atoms with van der Waals surface area (Å²) in [6.07, 6.45) is 1.39. The third kappa shape index (κ3) is 3.94. The predicted molar refractivity (Wildman–Crippen MR) is 93.8 cm³/mol. The van der Waals surface area contributed by atoms with E-state index in [1.54, 1.807) is 0 Å². The van der Waals surface area contributed by atoms with Gasteiger partial charge < -0.3 is 19.5 Å². The van der Waals surface area contributed by atoms with Gasteiger partial charge in [0.05, 0.1) is 13.3 Å². The molecule has 0 aliphatic heterocycles. The molecule has 0 fully saturated rings. The molecule has 1 aromatic heterocycles. The number of aliphatic hydroxyl groups excluding tert-OH is 2. The van der Waals surface area contributed by atoms with E-state index in [1.807, 2.05) is 60.8 Å². The highest BCUT2D eigenvalue weighted by Crippen LogP contribution is 2.19. The number of aromatic nitrogens is 1. The van der Waals surface area contributed by atoms with E-state index in [4.69, 9.17) is 4.74 Å². The quantitative estimate of drug-likeness (QED) is 0.593. The van der Waals surface area contributed by atoms with Crippen LogP contribution < -0.4 is 10.1 Å². The second-order valence-corrected chi connectivity index (χ2v) is 5.68. The van der Waals surface area contributed by atoms with Crippen LogP contribution in [0, 0.1) is 0 Å². The standard InChI is InChI=1S/C19H22N2O3/c22-12-15-5-4-8-19-18(15)9-10-21(19)14-20-11-16(23)13-24-17-6-2-1-3-7-17/h1-10,16,20,22-23H,11-14H2. The summed E-state index contributed by atoms with van der Waals surface area (Å²) >= 11 is 0. The Kier molecular flexibility index (Phi) is 5.48. The van der Waals surface area contributed by atoms with Gasteiger partial charge in [0.1, 0.15) is 18.5 Å². The normalized spacial score (nSPS) is 12.4. The van der Waals surface area contributed by atoms with Crippen molar-refractivity contribution in [3.8, 4) is 5.75 Å². The molecule has 5 heteroatoms. The van der Waals surface area contributed by atoms with Crippen molar-refractivity contribution in [2.75, 3.05) is 13.2 Å². The van der Waals surface area contributed by atoms with Gasteiger partial charge in [-0.1, -0.05) is 30.3 Å². The Morgan fingerprint density at radius 3 is 2.67 bits per heavy atom. The first-order chi connectivity index (χ1) is 11.8. The number of ether oxygens (including phenoxy) is 1. The van der Waals surface area contributed by atoms with Gasteiger partial charge in [0.2, 0.25) is 0 Å². The van der Waals surface area contributed by atoms with Crippen LogP contribution >= 0.6 is 0 Å². The van der Waals surface area contributed by atoms with Gasteiger partial charge in [-0.05, 0) is 29.8 Å². The van der Waals surface area contributed by atoms with Gasteiger partial charge in [0.25, 0.3) is 0 Å². The van der Waals surface area contributed by atoms with Crippen LogP contribution in [0.1, 0.15) is 5.56 Å². The molecule has 24 heavy (non-hydrogen) atoms. The molecule has 0 aliphatic carbocycles. The van der Waals surface area contributed by atoms with Gasteiger partial charge in [0, 0.05) is 23.6 Å². The number of rotatable bonds is 8. The highest BCUT2D eigenvalue weighted by molar-refractivity contribution is 5.83. The molecule has 0 saturated heterocycles. The molecule has 2 aromatic carbocycles. The summed E-state index contributed by atoms with van der Waals surface area (Å²) in [6.45, 7) is 1.30. The van der Waals surface area contributed by atoms with E-state index < -0.39 is 6.10 Å². The van der Waals surface area contributed by atoms with Crippen molar-refractivity contribution in [2.45, 2.75) is 19.4 Å². The Balaban J connectivity index is 1.49. The molecule has 0 amide bonds. The highest BCUT2D eigenvalue weighted by atomic mass is 16.5. The van der Waals surface area contributed by atoms with Crippen LogP contribution in [-0.4, -0.2) is 34.0 Å². The number of nitrogens with zero attached hydrogens (tertiary/aromatic N) is 1. The van der Waals surface area contributed by atoms with Crippen molar-refractivity contribution in [3.05, 3.63) is 66.4 Å². The van der Waals surface area contributed by atoms with Crippen molar-refractivity contribution in [2.24, 2.45) is 0 Å². The van der Waals surface area contributed by atoms with Crippen LogP contribution in [-0.2, 0) is 13.3 Å². The molecule has 0 radical (unpaired) electrons. The number of hydrogen-bond acceptors (Lipinski definition) is 4. The molecule has 1 atom stereocenters. The van der Waals surface area contributed by atoms with Gasteiger partial charge in [-0.25, -0.2) is 0 Å². The number of nitrogens with one attached hydrogen (secondary N) is 1. The van der Waals surface area contributed by atoms with Crippen LogP contribution in [0.5, 0.6) is 5.75 Å². The fraction of sp³-hybridized carbons (Fsp3) is 0.263. The highest BCUT2D eigenvalue weighted by Gasteiger charge is 2.07. The van der Waals surface area contributed by atoms with Gasteiger partial charge in [0.15, 0.2) is 0 Å². The van der Waals surface area contributed by atoms with Crippen LogP contribution in [0.2, 0.25) is 0 Å². The van der Waals surface area contributed by atoms with E-state index in [1.165, 1.54) is 0 Å². The van der Waals surface area contributed by atoms with Crippen molar-refractivity contribution >= 4 is 10.9 Å². The van der Waals surface area contributed by atoms with Crippen molar-refractivity contribution in [3.63, 3.8) is 0 Å². The van der Waals surface area contributed by atoms with Crippen LogP contribution in [0.25, 0.3) is 10.9 Å². The zero-order valence-corrected chi connectivity index (χ0v) is 13.4. The molecule has 0 aliphatic rings. The summed E-state index contributed by atoms with van der Waals surface area (Å²) in [5, 5.41) is 23.7. The summed E-state index contributed by atoms with van der Waals surface area (Å²) in [6, 6.07) is 17.3. The maximum atomic E-state index is 10.0. The largest absolute Gasteiger partial charge is 0.491 e. The zero-order valence-electron chi connectivity index (χ0n) is 13.4. The predicted octanol–water partition coefficient (Wildman–Crippen LogP) is 2.12. The lowest BCUT2D eigenvalue weighted by Crippen LogP contribution is -2.32. The fourth-order valence-electron chi connectivity index (χ4n) is 2.68. The third-order valence-electron chi connectivity index (χ3n) is 3.92. The lowest BCUT2D eigenvalue weighted by molar-refractivity contribution is 0.105. The first-order valence-corrected chi connectivity index (χ1v) is 8.02. The lowest BCUT2D eigenvalue weighted by atomic mass is 10.1. The topological polar surface area (TPSA) is 66.7 Å². The van der Waals surface area contributed by atoms with Crippen LogP contribution in [0.3, 0.4) is 0 Å². The third-order valence-corrected chi connectivity index (χ3v) is 3.92. The van der Waals surface area contributed by atoms with Gasteiger partial charge in [-0.2, -0.15) is 0 Å². The molecule has 1 heterocycles. The Bertz CT molecular complexity index is 771. The summed E-state index contributed by atoms with van der Waals surface area (Å²) in [5.74, 6) is 0.754. The summed E-state index contributed by atoms with van der Waals surface area (Å²) in [4.78, 5) is 0.